The molecule has 2 rings (SSSR count). The summed E-state index contributed by atoms with van der Waals surface area (Å²) < 4.78 is 1.30. The van der Waals surface area contributed by atoms with E-state index in [1.807, 2.05) is 0 Å². The molecule has 2 aromatic heterocycles. The molecule has 0 aliphatic carbocycles. The Morgan fingerprint density at radius 2 is 2.27 bits per heavy atom. The number of carbonyl (C=O) groups excluding carboxylic acids is 1. The number of nitrogen functional groups attached to an aromatic ring is 1. The van der Waals surface area contributed by atoms with Crippen LogP contribution in [-0.2, 0) is 0 Å². The van der Waals surface area contributed by atoms with Crippen LogP contribution >= 0.6 is 0 Å². The minimum Gasteiger partial charge on any atom is -0.368 e. The van der Waals surface area contributed by atoms with Gasteiger partial charge in [0.15, 0.2) is 5.65 Å². The average Bonchev–Trinajstić information content (AvgIpc) is 2.59. The van der Waals surface area contributed by atoms with Crippen molar-refractivity contribution in [3.63, 3.8) is 0 Å². The van der Waals surface area contributed by atoms with E-state index >= 15 is 0 Å². The van der Waals surface area contributed by atoms with Gasteiger partial charge in [-0.2, -0.15) is 4.98 Å². The Bertz CT molecular complexity index is 557. The Kier molecular flexibility index (Phi) is 1.96. The highest BCUT2D eigenvalue weighted by atomic mass is 16.2. The third-order valence-electron chi connectivity index (χ3n) is 1.89. The molecular formula is C9H9N5O. The van der Waals surface area contributed by atoms with Crippen molar-refractivity contribution in [1.29, 1.82) is 0 Å². The molecule has 0 spiro atoms. The fourth-order valence-corrected chi connectivity index (χ4v) is 1.18. The number of imidazole rings is 1. The minimum absolute atomic E-state index is 0.110. The molecule has 0 fully saturated rings. The number of hydrogen-bond acceptors (Lipinski definition) is 5. The maximum atomic E-state index is 11.7. The second kappa shape index (κ2) is 3.16. The van der Waals surface area contributed by atoms with Crippen molar-refractivity contribution in [1.82, 2.24) is 19.5 Å². The second-order valence-electron chi connectivity index (χ2n) is 3.14. The first-order valence-electron chi connectivity index (χ1n) is 4.25. The van der Waals surface area contributed by atoms with E-state index in [1.54, 1.807) is 6.92 Å². The van der Waals surface area contributed by atoms with Crippen molar-refractivity contribution in [3.05, 3.63) is 24.7 Å². The SMILES string of the molecule is C=C(C)C(=O)n1cnc2cnc(N)nc21. The highest BCUT2D eigenvalue weighted by Crippen LogP contribution is 2.11. The van der Waals surface area contributed by atoms with E-state index in [-0.39, 0.29) is 11.9 Å². The van der Waals surface area contributed by atoms with Crippen LogP contribution in [0.25, 0.3) is 11.2 Å². The monoisotopic (exact) mass is 203 g/mol. The van der Waals surface area contributed by atoms with Crippen LogP contribution < -0.4 is 5.73 Å². The number of rotatable bonds is 1. The van der Waals surface area contributed by atoms with Crippen molar-refractivity contribution in [2.45, 2.75) is 6.92 Å². The Morgan fingerprint density at radius 3 is 2.93 bits per heavy atom. The third-order valence-corrected chi connectivity index (χ3v) is 1.89. The first-order chi connectivity index (χ1) is 7.09. The van der Waals surface area contributed by atoms with E-state index in [4.69, 9.17) is 5.73 Å². The smallest absolute Gasteiger partial charge is 0.259 e. The van der Waals surface area contributed by atoms with E-state index in [2.05, 4.69) is 21.5 Å². The van der Waals surface area contributed by atoms with Gasteiger partial charge < -0.3 is 5.73 Å². The molecule has 0 atom stereocenters. The molecule has 0 saturated carbocycles. The molecule has 0 saturated heterocycles. The van der Waals surface area contributed by atoms with Crippen molar-refractivity contribution in [2.24, 2.45) is 0 Å². The van der Waals surface area contributed by atoms with E-state index in [1.165, 1.54) is 17.1 Å². The number of nitrogens with two attached hydrogens (primary N) is 1. The van der Waals surface area contributed by atoms with Crippen LogP contribution in [0.5, 0.6) is 0 Å². The largest absolute Gasteiger partial charge is 0.368 e. The number of hydrogen-bond donors (Lipinski definition) is 1. The van der Waals surface area contributed by atoms with E-state index in [9.17, 15) is 4.79 Å². The summed E-state index contributed by atoms with van der Waals surface area (Å²) in [6.07, 6.45) is 2.86. The van der Waals surface area contributed by atoms with E-state index < -0.39 is 0 Å². The normalized spacial score (nSPS) is 10.5. The summed E-state index contributed by atoms with van der Waals surface area (Å²) in [6, 6.07) is 0. The number of aromatic nitrogens is 4. The zero-order valence-electron chi connectivity index (χ0n) is 8.14. The lowest BCUT2D eigenvalue weighted by Gasteiger charge is -2.00. The summed E-state index contributed by atoms with van der Waals surface area (Å²) in [5.74, 6) is -0.144. The predicted octanol–water partition coefficient (Wildman–Crippen LogP) is 0.625. The van der Waals surface area contributed by atoms with Crippen LogP contribution in [0.3, 0.4) is 0 Å². The molecule has 2 aromatic rings. The second-order valence-corrected chi connectivity index (χ2v) is 3.14. The fourth-order valence-electron chi connectivity index (χ4n) is 1.18. The van der Waals surface area contributed by atoms with Gasteiger partial charge in [0.25, 0.3) is 5.91 Å². The van der Waals surface area contributed by atoms with Crippen molar-refractivity contribution in [2.75, 3.05) is 5.73 Å². The van der Waals surface area contributed by atoms with Crippen molar-refractivity contribution < 1.29 is 4.79 Å². The lowest BCUT2D eigenvalue weighted by Crippen LogP contribution is -2.11. The van der Waals surface area contributed by atoms with Gasteiger partial charge in [-0.1, -0.05) is 6.58 Å². The van der Waals surface area contributed by atoms with Gasteiger partial charge in [-0.25, -0.2) is 14.5 Å². The van der Waals surface area contributed by atoms with Gasteiger partial charge in [0.1, 0.15) is 11.8 Å². The number of allylic oxidation sites excluding steroid dienone is 1. The molecule has 0 aliphatic rings. The van der Waals surface area contributed by atoms with Gasteiger partial charge in [0.2, 0.25) is 5.95 Å². The first kappa shape index (κ1) is 9.32. The minimum atomic E-state index is -0.254. The molecule has 0 unspecified atom stereocenters. The molecule has 0 bridgehead atoms. The number of fused-ring (bicyclic) bond motifs is 1. The van der Waals surface area contributed by atoms with E-state index in [0.29, 0.717) is 16.7 Å². The van der Waals surface area contributed by atoms with Gasteiger partial charge >= 0.3 is 0 Å². The third kappa shape index (κ3) is 1.45. The lowest BCUT2D eigenvalue weighted by atomic mass is 10.3. The average molecular weight is 203 g/mol. The molecule has 15 heavy (non-hydrogen) atoms. The van der Waals surface area contributed by atoms with Crippen LogP contribution in [-0.4, -0.2) is 25.4 Å². The van der Waals surface area contributed by atoms with Gasteiger partial charge in [0.05, 0.1) is 6.20 Å². The fraction of sp³-hybridized carbons (Fsp3) is 0.111. The standard InChI is InChI=1S/C9H9N5O/c1-5(2)8(15)14-4-12-6-3-11-9(10)13-7(6)14/h3-4H,1H2,2H3,(H2,10,11,13). The molecule has 0 aromatic carbocycles. The highest BCUT2D eigenvalue weighted by molar-refractivity contribution is 5.98. The summed E-state index contributed by atoms with van der Waals surface area (Å²) in [4.78, 5) is 23.4. The zero-order valence-corrected chi connectivity index (χ0v) is 8.14. The van der Waals surface area contributed by atoms with Crippen LogP contribution in [0.15, 0.2) is 24.7 Å². The summed E-state index contributed by atoms with van der Waals surface area (Å²) in [7, 11) is 0. The Morgan fingerprint density at radius 1 is 1.53 bits per heavy atom. The molecule has 0 aliphatic heterocycles. The Balaban J connectivity index is 2.67. The summed E-state index contributed by atoms with van der Waals surface area (Å²) in [6.45, 7) is 5.19. The molecule has 6 nitrogen and oxygen atoms in total. The van der Waals surface area contributed by atoms with Crippen LogP contribution in [0.1, 0.15) is 11.7 Å². The van der Waals surface area contributed by atoms with Gasteiger partial charge in [-0.3, -0.25) is 4.79 Å². The molecule has 6 heteroatoms. The molecular weight excluding hydrogens is 194 g/mol. The molecule has 0 radical (unpaired) electrons. The highest BCUT2D eigenvalue weighted by Gasteiger charge is 2.12. The number of anilines is 1. The lowest BCUT2D eigenvalue weighted by molar-refractivity contribution is 0.0959. The number of carbonyl (C=O) groups is 1. The first-order valence-corrected chi connectivity index (χ1v) is 4.25. The van der Waals surface area contributed by atoms with Crippen LogP contribution in [0.4, 0.5) is 5.95 Å². The Labute approximate surface area is 85.5 Å². The van der Waals surface area contributed by atoms with E-state index in [0.717, 1.165) is 0 Å². The summed E-state index contributed by atoms with van der Waals surface area (Å²) in [5, 5.41) is 0. The van der Waals surface area contributed by atoms with Crippen LogP contribution in [0, 0.1) is 0 Å². The molecule has 0 amide bonds. The summed E-state index contributed by atoms with van der Waals surface area (Å²) in [5.41, 5.74) is 6.77. The molecule has 2 heterocycles. The van der Waals surface area contributed by atoms with Crippen molar-refractivity contribution in [3.8, 4) is 0 Å². The topological polar surface area (TPSA) is 86.7 Å². The Hall–Kier alpha value is -2.24. The van der Waals surface area contributed by atoms with Crippen LogP contribution in [0.2, 0.25) is 0 Å². The van der Waals surface area contributed by atoms with Gasteiger partial charge in [0, 0.05) is 5.57 Å². The van der Waals surface area contributed by atoms with Gasteiger partial charge in [-0.05, 0) is 6.92 Å². The van der Waals surface area contributed by atoms with Crippen molar-refractivity contribution >= 4 is 23.0 Å². The zero-order chi connectivity index (χ0) is 11.0. The van der Waals surface area contributed by atoms with Gasteiger partial charge in [-0.15, -0.1) is 0 Å². The maximum Gasteiger partial charge on any atom is 0.259 e. The maximum absolute atomic E-state index is 11.7. The molecule has 2 N–H and O–H groups in total. The number of nitrogens with zero attached hydrogens (tertiary/aromatic N) is 4. The predicted molar refractivity (Wildman–Crippen MR) is 55.2 cm³/mol. The molecule has 76 valence electrons. The summed E-state index contributed by atoms with van der Waals surface area (Å²) >= 11 is 0. The quantitative estimate of drug-likeness (QED) is 0.686.